The Bertz CT molecular complexity index is 230. The Morgan fingerprint density at radius 3 is 2.47 bits per heavy atom. The Morgan fingerprint density at radius 1 is 1.27 bits per heavy atom. The van der Waals surface area contributed by atoms with Crippen molar-refractivity contribution in [2.45, 2.75) is 44.9 Å². The molecular formula is C12H21NO2. The van der Waals surface area contributed by atoms with E-state index in [1.54, 1.807) is 0 Å². The van der Waals surface area contributed by atoms with Crippen LogP contribution in [0.15, 0.2) is 0 Å². The predicted molar refractivity (Wildman–Crippen MR) is 58.3 cm³/mol. The lowest BCUT2D eigenvalue weighted by Gasteiger charge is -2.33. The van der Waals surface area contributed by atoms with Crippen LogP contribution in [0.2, 0.25) is 0 Å². The number of nitrogens with two attached hydrogens (primary N) is 1. The van der Waals surface area contributed by atoms with Crippen LogP contribution in [0.3, 0.4) is 0 Å². The van der Waals surface area contributed by atoms with Gasteiger partial charge in [-0.15, -0.1) is 0 Å². The van der Waals surface area contributed by atoms with Gasteiger partial charge in [-0.2, -0.15) is 0 Å². The molecule has 0 saturated heterocycles. The molecule has 2 aliphatic carbocycles. The van der Waals surface area contributed by atoms with E-state index < -0.39 is 0 Å². The van der Waals surface area contributed by atoms with Crippen molar-refractivity contribution in [2.24, 2.45) is 17.1 Å². The molecule has 0 aliphatic heterocycles. The molecule has 2 saturated carbocycles. The lowest BCUT2D eigenvalue weighted by atomic mass is 9.74. The molecule has 2 fully saturated rings. The number of rotatable bonds is 4. The summed E-state index contributed by atoms with van der Waals surface area (Å²) >= 11 is 0. The number of hydrogen-bond acceptors (Lipinski definition) is 3. The minimum Gasteiger partial charge on any atom is -0.465 e. The Labute approximate surface area is 91.4 Å². The van der Waals surface area contributed by atoms with Crippen LogP contribution in [0, 0.1) is 11.3 Å². The third-order valence-electron chi connectivity index (χ3n) is 3.78. The molecule has 15 heavy (non-hydrogen) atoms. The van der Waals surface area contributed by atoms with Crippen LogP contribution in [0.4, 0.5) is 0 Å². The van der Waals surface area contributed by atoms with Gasteiger partial charge in [0, 0.05) is 6.54 Å². The van der Waals surface area contributed by atoms with E-state index in [9.17, 15) is 4.79 Å². The fraction of sp³-hybridized carbons (Fsp3) is 0.917. The molecular weight excluding hydrogens is 190 g/mol. The van der Waals surface area contributed by atoms with E-state index >= 15 is 0 Å². The second-order valence-electron chi connectivity index (χ2n) is 5.09. The maximum Gasteiger partial charge on any atom is 0.313 e. The van der Waals surface area contributed by atoms with Gasteiger partial charge in [0.25, 0.3) is 0 Å². The number of ether oxygens (including phenoxy) is 1. The van der Waals surface area contributed by atoms with Gasteiger partial charge in [-0.25, -0.2) is 0 Å². The van der Waals surface area contributed by atoms with Crippen LogP contribution in [-0.4, -0.2) is 19.1 Å². The van der Waals surface area contributed by atoms with E-state index in [4.69, 9.17) is 10.5 Å². The molecule has 0 aromatic rings. The van der Waals surface area contributed by atoms with Crippen LogP contribution in [0.25, 0.3) is 0 Å². The summed E-state index contributed by atoms with van der Waals surface area (Å²) in [5.41, 5.74) is 5.42. The summed E-state index contributed by atoms with van der Waals surface area (Å²) in [6, 6.07) is 0. The summed E-state index contributed by atoms with van der Waals surface area (Å²) < 4.78 is 5.38. The molecule has 0 amide bonds. The smallest absolute Gasteiger partial charge is 0.313 e. The first-order chi connectivity index (χ1) is 7.27. The first kappa shape index (κ1) is 10.9. The molecule has 0 bridgehead atoms. The zero-order valence-corrected chi connectivity index (χ0v) is 9.34. The highest BCUT2D eigenvalue weighted by Crippen LogP contribution is 2.37. The van der Waals surface area contributed by atoms with E-state index in [0.717, 1.165) is 25.7 Å². The normalized spacial score (nSPS) is 24.9. The molecule has 0 aromatic carbocycles. The fourth-order valence-electron chi connectivity index (χ4n) is 2.35. The maximum atomic E-state index is 12.0. The monoisotopic (exact) mass is 211 g/mol. The van der Waals surface area contributed by atoms with Crippen molar-refractivity contribution in [2.75, 3.05) is 13.2 Å². The minimum absolute atomic E-state index is 0.0309. The van der Waals surface area contributed by atoms with Gasteiger partial charge in [0.1, 0.15) is 0 Å². The van der Waals surface area contributed by atoms with E-state index in [-0.39, 0.29) is 11.4 Å². The third-order valence-corrected chi connectivity index (χ3v) is 3.78. The number of esters is 1. The molecule has 3 nitrogen and oxygen atoms in total. The van der Waals surface area contributed by atoms with Crippen molar-refractivity contribution in [1.82, 2.24) is 0 Å². The van der Waals surface area contributed by atoms with Crippen LogP contribution in [-0.2, 0) is 9.53 Å². The molecule has 0 aromatic heterocycles. The lowest BCUT2D eigenvalue weighted by Crippen LogP contribution is -2.41. The van der Waals surface area contributed by atoms with Crippen LogP contribution >= 0.6 is 0 Å². The zero-order valence-electron chi connectivity index (χ0n) is 9.34. The summed E-state index contributed by atoms with van der Waals surface area (Å²) in [5.74, 6) is 0.615. The zero-order chi connectivity index (χ0) is 10.7. The van der Waals surface area contributed by atoms with Crippen molar-refractivity contribution in [3.8, 4) is 0 Å². The summed E-state index contributed by atoms with van der Waals surface area (Å²) in [7, 11) is 0. The Kier molecular flexibility index (Phi) is 3.29. The first-order valence-electron chi connectivity index (χ1n) is 6.14. The van der Waals surface area contributed by atoms with Gasteiger partial charge in [-0.1, -0.05) is 19.3 Å². The van der Waals surface area contributed by atoms with Gasteiger partial charge < -0.3 is 10.5 Å². The average molecular weight is 211 g/mol. The molecule has 0 heterocycles. The van der Waals surface area contributed by atoms with Crippen molar-refractivity contribution in [3.63, 3.8) is 0 Å². The second kappa shape index (κ2) is 4.52. The van der Waals surface area contributed by atoms with Gasteiger partial charge in [0.15, 0.2) is 0 Å². The van der Waals surface area contributed by atoms with Crippen molar-refractivity contribution >= 4 is 5.97 Å². The Hall–Kier alpha value is -0.570. The SMILES string of the molecule is NCC1(C(=O)OCC2CC2)CCCCC1. The fourth-order valence-corrected chi connectivity index (χ4v) is 2.35. The number of hydrogen-bond donors (Lipinski definition) is 1. The van der Waals surface area contributed by atoms with Crippen LogP contribution in [0.1, 0.15) is 44.9 Å². The summed E-state index contributed by atoms with van der Waals surface area (Å²) in [4.78, 5) is 12.0. The average Bonchev–Trinajstić information content (AvgIpc) is 3.10. The molecule has 0 unspecified atom stereocenters. The minimum atomic E-state index is -0.340. The standard InChI is InChI=1S/C12H21NO2/c13-9-12(6-2-1-3-7-12)11(14)15-8-10-4-5-10/h10H,1-9,13H2. The summed E-state index contributed by atoms with van der Waals surface area (Å²) in [6.07, 6.45) is 7.77. The van der Waals surface area contributed by atoms with Gasteiger partial charge in [-0.3, -0.25) is 4.79 Å². The topological polar surface area (TPSA) is 52.3 Å². The molecule has 0 atom stereocenters. The molecule has 86 valence electrons. The van der Waals surface area contributed by atoms with E-state index in [1.807, 2.05) is 0 Å². The Balaban J connectivity index is 1.87. The predicted octanol–water partition coefficient (Wildman–Crippen LogP) is 1.85. The summed E-state index contributed by atoms with van der Waals surface area (Å²) in [6.45, 7) is 1.08. The van der Waals surface area contributed by atoms with Gasteiger partial charge >= 0.3 is 5.97 Å². The quantitative estimate of drug-likeness (QED) is 0.722. The van der Waals surface area contributed by atoms with Gasteiger partial charge in [-0.05, 0) is 31.6 Å². The highest BCUT2D eigenvalue weighted by atomic mass is 16.5. The van der Waals surface area contributed by atoms with Gasteiger partial charge in [0.2, 0.25) is 0 Å². The van der Waals surface area contributed by atoms with Crippen molar-refractivity contribution in [1.29, 1.82) is 0 Å². The molecule has 2 rings (SSSR count). The first-order valence-corrected chi connectivity index (χ1v) is 6.14. The molecule has 2 N–H and O–H groups in total. The number of carbonyl (C=O) groups is 1. The highest BCUT2D eigenvalue weighted by molar-refractivity contribution is 5.77. The molecule has 0 radical (unpaired) electrons. The van der Waals surface area contributed by atoms with E-state index in [0.29, 0.717) is 19.1 Å². The summed E-state index contributed by atoms with van der Waals surface area (Å²) in [5, 5.41) is 0. The van der Waals surface area contributed by atoms with E-state index in [2.05, 4.69) is 0 Å². The third kappa shape index (κ3) is 2.51. The van der Waals surface area contributed by atoms with Crippen molar-refractivity contribution < 1.29 is 9.53 Å². The van der Waals surface area contributed by atoms with E-state index in [1.165, 1.54) is 19.3 Å². The van der Waals surface area contributed by atoms with Gasteiger partial charge in [0.05, 0.1) is 12.0 Å². The second-order valence-corrected chi connectivity index (χ2v) is 5.09. The highest BCUT2D eigenvalue weighted by Gasteiger charge is 2.40. The largest absolute Gasteiger partial charge is 0.465 e. The molecule has 0 spiro atoms. The van der Waals surface area contributed by atoms with Crippen LogP contribution < -0.4 is 5.73 Å². The lowest BCUT2D eigenvalue weighted by molar-refractivity contribution is -0.158. The Morgan fingerprint density at radius 2 is 1.93 bits per heavy atom. The molecule has 2 aliphatic rings. The number of carbonyl (C=O) groups excluding carboxylic acids is 1. The molecule has 3 heteroatoms. The maximum absolute atomic E-state index is 12.0. The van der Waals surface area contributed by atoms with Crippen molar-refractivity contribution in [3.05, 3.63) is 0 Å². The van der Waals surface area contributed by atoms with Crippen LogP contribution in [0.5, 0.6) is 0 Å².